The maximum atomic E-state index is 11.3. The Morgan fingerprint density at radius 3 is 2.42 bits per heavy atom. The van der Waals surface area contributed by atoms with E-state index in [1.807, 2.05) is 0 Å². The maximum absolute atomic E-state index is 11.3. The van der Waals surface area contributed by atoms with E-state index in [-0.39, 0.29) is 6.54 Å². The summed E-state index contributed by atoms with van der Waals surface area (Å²) < 4.78 is 26.1. The number of hydrogen-bond acceptors (Lipinski definition) is 2. The molecule has 4 nitrogen and oxygen atoms in total. The van der Waals surface area contributed by atoms with Crippen LogP contribution in [0.1, 0.15) is 13.8 Å². The first kappa shape index (κ1) is 11.4. The Morgan fingerprint density at radius 2 is 2.08 bits per heavy atom. The average Bonchev–Trinajstić information content (AvgIpc) is 1.99. The minimum Gasteiger partial charge on any atom is -0.202 e. The van der Waals surface area contributed by atoms with Crippen molar-refractivity contribution in [3.8, 4) is 12.3 Å². The number of nitrogens with one attached hydrogen (secondary N) is 1. The summed E-state index contributed by atoms with van der Waals surface area (Å²) >= 11 is 0. The Morgan fingerprint density at radius 1 is 1.50 bits per heavy atom. The second kappa shape index (κ2) is 5.14. The smallest absolute Gasteiger partial charge is 0.202 e. The van der Waals surface area contributed by atoms with Crippen LogP contribution in [0, 0.1) is 12.3 Å². The van der Waals surface area contributed by atoms with E-state index in [0.29, 0.717) is 13.1 Å². The molecule has 0 aromatic carbocycles. The van der Waals surface area contributed by atoms with Gasteiger partial charge in [0, 0.05) is 13.1 Å². The zero-order valence-corrected chi connectivity index (χ0v) is 8.19. The van der Waals surface area contributed by atoms with E-state index in [0.717, 1.165) is 0 Å². The lowest BCUT2D eigenvalue weighted by Gasteiger charge is -2.17. The number of rotatable bonds is 5. The molecule has 12 heavy (non-hydrogen) atoms. The fourth-order valence-corrected chi connectivity index (χ4v) is 1.87. The van der Waals surface area contributed by atoms with Gasteiger partial charge in [-0.05, 0) is 0 Å². The van der Waals surface area contributed by atoms with Crippen molar-refractivity contribution in [1.29, 1.82) is 0 Å². The summed E-state index contributed by atoms with van der Waals surface area (Å²) in [6.45, 7) is 4.35. The van der Waals surface area contributed by atoms with E-state index in [1.165, 1.54) is 4.31 Å². The molecule has 0 unspecified atom stereocenters. The molecule has 0 aliphatic rings. The molecule has 0 aliphatic carbocycles. The standard InChI is InChI=1S/C7H14N2O2S/c1-4-7-9(6-3)12(10,11)8-5-2/h1,8H,5-7H2,2-3H3. The third-order valence-corrected chi connectivity index (χ3v) is 3.01. The van der Waals surface area contributed by atoms with Gasteiger partial charge in [0.05, 0.1) is 6.54 Å². The van der Waals surface area contributed by atoms with Crippen molar-refractivity contribution in [2.24, 2.45) is 0 Å². The van der Waals surface area contributed by atoms with Gasteiger partial charge in [0.25, 0.3) is 10.2 Å². The van der Waals surface area contributed by atoms with Crippen LogP contribution in [0.3, 0.4) is 0 Å². The van der Waals surface area contributed by atoms with Gasteiger partial charge < -0.3 is 0 Å². The monoisotopic (exact) mass is 190 g/mol. The lowest BCUT2D eigenvalue weighted by molar-refractivity contribution is 0.454. The van der Waals surface area contributed by atoms with Crippen molar-refractivity contribution in [2.45, 2.75) is 13.8 Å². The summed E-state index contributed by atoms with van der Waals surface area (Å²) in [5.41, 5.74) is 0. The summed E-state index contributed by atoms with van der Waals surface area (Å²) in [5, 5.41) is 0. The van der Waals surface area contributed by atoms with Crippen molar-refractivity contribution in [3.05, 3.63) is 0 Å². The summed E-state index contributed by atoms with van der Waals surface area (Å²) in [4.78, 5) is 0. The van der Waals surface area contributed by atoms with Crippen LogP contribution in [0.25, 0.3) is 0 Å². The minimum atomic E-state index is -3.34. The van der Waals surface area contributed by atoms with Crippen LogP contribution in [0.15, 0.2) is 0 Å². The van der Waals surface area contributed by atoms with Gasteiger partial charge in [-0.25, -0.2) is 4.72 Å². The van der Waals surface area contributed by atoms with Crippen molar-refractivity contribution < 1.29 is 8.42 Å². The van der Waals surface area contributed by atoms with E-state index in [2.05, 4.69) is 10.6 Å². The van der Waals surface area contributed by atoms with Crippen LogP contribution in [0.2, 0.25) is 0 Å². The molecule has 0 aromatic rings. The number of terminal acetylenes is 1. The molecule has 0 aromatic heterocycles. The highest BCUT2D eigenvalue weighted by Gasteiger charge is 2.16. The summed E-state index contributed by atoms with van der Waals surface area (Å²) in [7, 11) is -3.34. The topological polar surface area (TPSA) is 49.4 Å². The second-order valence-corrected chi connectivity index (χ2v) is 3.89. The van der Waals surface area contributed by atoms with Gasteiger partial charge in [0.2, 0.25) is 0 Å². The van der Waals surface area contributed by atoms with Gasteiger partial charge in [-0.15, -0.1) is 6.42 Å². The SMILES string of the molecule is C#CCN(CC)S(=O)(=O)NCC. The average molecular weight is 190 g/mol. The second-order valence-electron chi connectivity index (χ2n) is 2.13. The molecule has 0 rings (SSSR count). The van der Waals surface area contributed by atoms with Crippen LogP contribution in [0.4, 0.5) is 0 Å². The molecular weight excluding hydrogens is 176 g/mol. The molecule has 0 amide bonds. The molecule has 0 fully saturated rings. The van der Waals surface area contributed by atoms with Gasteiger partial charge in [0.15, 0.2) is 0 Å². The van der Waals surface area contributed by atoms with E-state index < -0.39 is 10.2 Å². The Labute approximate surface area is 74.1 Å². The predicted octanol–water partition coefficient (Wildman–Crippen LogP) is -0.204. The highest BCUT2D eigenvalue weighted by atomic mass is 32.2. The molecule has 1 N–H and O–H groups in total. The number of nitrogens with zero attached hydrogens (tertiary/aromatic N) is 1. The lowest BCUT2D eigenvalue weighted by Crippen LogP contribution is -2.40. The molecule has 0 saturated carbocycles. The van der Waals surface area contributed by atoms with Gasteiger partial charge in [0.1, 0.15) is 0 Å². The van der Waals surface area contributed by atoms with E-state index in [4.69, 9.17) is 6.42 Å². The third kappa shape index (κ3) is 3.22. The van der Waals surface area contributed by atoms with Gasteiger partial charge in [-0.2, -0.15) is 12.7 Å². The van der Waals surface area contributed by atoms with Crippen molar-refractivity contribution in [2.75, 3.05) is 19.6 Å². The molecule has 0 heterocycles. The third-order valence-electron chi connectivity index (χ3n) is 1.29. The highest BCUT2D eigenvalue weighted by molar-refractivity contribution is 7.87. The molecule has 0 atom stereocenters. The van der Waals surface area contributed by atoms with Crippen LogP contribution in [-0.4, -0.2) is 32.4 Å². The Kier molecular flexibility index (Phi) is 4.90. The summed E-state index contributed by atoms with van der Waals surface area (Å²) in [6.07, 6.45) is 5.01. The molecule has 0 radical (unpaired) electrons. The van der Waals surface area contributed by atoms with Crippen LogP contribution in [-0.2, 0) is 10.2 Å². The van der Waals surface area contributed by atoms with E-state index >= 15 is 0 Å². The fourth-order valence-electron chi connectivity index (χ4n) is 0.742. The molecule has 0 saturated heterocycles. The lowest BCUT2D eigenvalue weighted by atomic mass is 10.6. The predicted molar refractivity (Wildman–Crippen MR) is 48.7 cm³/mol. The zero-order valence-electron chi connectivity index (χ0n) is 7.37. The van der Waals surface area contributed by atoms with E-state index in [9.17, 15) is 8.42 Å². The first-order valence-electron chi connectivity index (χ1n) is 3.76. The van der Waals surface area contributed by atoms with Gasteiger partial charge >= 0.3 is 0 Å². The summed E-state index contributed by atoms with van der Waals surface area (Å²) in [6, 6.07) is 0. The quantitative estimate of drug-likeness (QED) is 0.610. The van der Waals surface area contributed by atoms with Gasteiger partial charge in [-0.1, -0.05) is 19.8 Å². The normalized spacial score (nSPS) is 11.5. The molecule has 5 heteroatoms. The Balaban J connectivity index is 4.40. The zero-order chi connectivity index (χ0) is 9.61. The van der Waals surface area contributed by atoms with E-state index in [1.54, 1.807) is 13.8 Å². The van der Waals surface area contributed by atoms with Crippen molar-refractivity contribution in [3.63, 3.8) is 0 Å². The molecule has 0 bridgehead atoms. The molecule has 0 aliphatic heterocycles. The molecular formula is C7H14N2O2S. The largest absolute Gasteiger partial charge is 0.280 e. The maximum Gasteiger partial charge on any atom is 0.280 e. The van der Waals surface area contributed by atoms with Crippen LogP contribution < -0.4 is 4.72 Å². The van der Waals surface area contributed by atoms with Crippen LogP contribution >= 0.6 is 0 Å². The molecule has 70 valence electrons. The van der Waals surface area contributed by atoms with Gasteiger partial charge in [-0.3, -0.25) is 0 Å². The summed E-state index contributed by atoms with van der Waals surface area (Å²) in [5.74, 6) is 2.29. The molecule has 0 spiro atoms. The Hall–Kier alpha value is -0.570. The first-order valence-corrected chi connectivity index (χ1v) is 5.20. The van der Waals surface area contributed by atoms with Crippen LogP contribution in [0.5, 0.6) is 0 Å². The first-order chi connectivity index (χ1) is 5.58. The highest BCUT2D eigenvalue weighted by Crippen LogP contribution is 1.95. The van der Waals surface area contributed by atoms with Crippen molar-refractivity contribution >= 4 is 10.2 Å². The fraction of sp³-hybridized carbons (Fsp3) is 0.714. The van der Waals surface area contributed by atoms with Crippen molar-refractivity contribution in [1.82, 2.24) is 9.03 Å². The Bertz CT molecular complexity index is 253. The minimum absolute atomic E-state index is 0.117. The number of hydrogen-bond donors (Lipinski definition) is 1.